The zero-order chi connectivity index (χ0) is 27.3. The van der Waals surface area contributed by atoms with Crippen molar-refractivity contribution in [2.75, 3.05) is 18.4 Å². The van der Waals surface area contributed by atoms with Gasteiger partial charge in [-0.25, -0.2) is 17.2 Å². The fourth-order valence-electron chi connectivity index (χ4n) is 4.57. The summed E-state index contributed by atoms with van der Waals surface area (Å²) < 4.78 is 85.4. The van der Waals surface area contributed by atoms with Gasteiger partial charge >= 0.3 is 5.92 Å². The average molecular weight is 542 g/mol. The molecule has 1 saturated heterocycles. The first-order chi connectivity index (χ1) is 17.2. The van der Waals surface area contributed by atoms with Crippen LogP contribution in [0, 0.1) is 18.6 Å². The minimum Gasteiger partial charge on any atom is -0.329 e. The molecule has 4 rings (SSSR count). The molecule has 1 aliphatic carbocycles. The Morgan fingerprint density at radius 2 is 1.57 bits per heavy atom. The second kappa shape index (κ2) is 9.71. The number of halogens is 4. The van der Waals surface area contributed by atoms with Gasteiger partial charge in [0.25, 0.3) is 11.8 Å². The first-order valence-electron chi connectivity index (χ1n) is 11.8. The highest BCUT2D eigenvalue weighted by Gasteiger charge is 2.51. The highest BCUT2D eigenvalue weighted by Crippen LogP contribution is 2.37. The lowest BCUT2D eigenvalue weighted by Crippen LogP contribution is -2.62. The molecule has 0 spiro atoms. The van der Waals surface area contributed by atoms with E-state index >= 15 is 8.78 Å². The predicted molar refractivity (Wildman–Crippen MR) is 129 cm³/mol. The van der Waals surface area contributed by atoms with E-state index in [0.29, 0.717) is 25.0 Å². The Morgan fingerprint density at radius 1 is 0.973 bits per heavy atom. The number of carbonyl (C=O) groups is 2. The van der Waals surface area contributed by atoms with Crippen LogP contribution in [0.3, 0.4) is 0 Å². The van der Waals surface area contributed by atoms with E-state index in [1.54, 1.807) is 0 Å². The van der Waals surface area contributed by atoms with Crippen molar-refractivity contribution in [1.82, 2.24) is 9.21 Å². The van der Waals surface area contributed by atoms with Gasteiger partial charge in [-0.1, -0.05) is 0 Å². The molecule has 200 valence electrons. The summed E-state index contributed by atoms with van der Waals surface area (Å²) in [5, 5.41) is 1.96. The van der Waals surface area contributed by atoms with Gasteiger partial charge in [-0.05, 0) is 75.6 Å². The molecule has 12 heteroatoms. The lowest BCUT2D eigenvalue weighted by Gasteiger charge is -2.44. The van der Waals surface area contributed by atoms with Crippen molar-refractivity contribution >= 4 is 27.5 Å². The molecule has 1 aliphatic heterocycles. The number of sulfonamides is 1. The van der Waals surface area contributed by atoms with Crippen LogP contribution in [0.5, 0.6) is 0 Å². The van der Waals surface area contributed by atoms with Gasteiger partial charge in [0.15, 0.2) is 0 Å². The van der Waals surface area contributed by atoms with Crippen LogP contribution in [0.4, 0.5) is 23.2 Å². The Kier molecular flexibility index (Phi) is 7.10. The zero-order valence-corrected chi connectivity index (χ0v) is 21.3. The van der Waals surface area contributed by atoms with Crippen molar-refractivity contribution in [1.29, 1.82) is 0 Å². The van der Waals surface area contributed by atoms with Crippen LogP contribution in [0.1, 0.15) is 48.2 Å². The van der Waals surface area contributed by atoms with Crippen LogP contribution in [0.25, 0.3) is 0 Å². The molecule has 1 heterocycles. The third kappa shape index (κ3) is 5.22. The van der Waals surface area contributed by atoms with Gasteiger partial charge < -0.3 is 10.2 Å². The Balaban J connectivity index is 1.56. The molecule has 0 unspecified atom stereocenters. The number of hydrogen-bond donors (Lipinski definition) is 1. The molecular weight excluding hydrogens is 514 g/mol. The smallest absolute Gasteiger partial charge is 0.329 e. The van der Waals surface area contributed by atoms with E-state index in [1.165, 1.54) is 37.2 Å². The number of hydrogen-bond acceptors (Lipinski definition) is 4. The maximum absolute atomic E-state index is 15.4. The highest BCUT2D eigenvalue weighted by molar-refractivity contribution is 7.90. The van der Waals surface area contributed by atoms with E-state index in [9.17, 15) is 26.8 Å². The number of nitrogens with one attached hydrogen (secondary N) is 1. The van der Waals surface area contributed by atoms with Gasteiger partial charge in [-0.2, -0.15) is 13.1 Å². The molecule has 2 aromatic rings. The number of aryl methyl sites for hydroxylation is 1. The second-order valence-corrected chi connectivity index (χ2v) is 11.9. The number of anilines is 1. The summed E-state index contributed by atoms with van der Waals surface area (Å²) in [6.07, 6.45) is 1.10. The van der Waals surface area contributed by atoms with E-state index in [1.807, 2.05) is 0 Å². The third-order valence-corrected chi connectivity index (χ3v) is 9.01. The fraction of sp³-hybridized carbons (Fsp3) is 0.440. The monoisotopic (exact) mass is 541 g/mol. The number of rotatable bonds is 6. The van der Waals surface area contributed by atoms with Crippen LogP contribution in [0.15, 0.2) is 36.4 Å². The molecule has 0 bridgehead atoms. The molecule has 2 aromatic carbocycles. The Hall–Kier alpha value is -2.99. The van der Waals surface area contributed by atoms with Crippen molar-refractivity contribution in [3.8, 4) is 0 Å². The molecule has 2 aliphatic rings. The fourth-order valence-corrected chi connectivity index (χ4v) is 6.57. The molecule has 1 saturated carbocycles. The van der Waals surface area contributed by atoms with Crippen molar-refractivity contribution in [2.45, 2.75) is 56.9 Å². The minimum atomic E-state index is -4.33. The SMILES string of the molecule is Cc1cc(NC(=O)c2ccc(F)c(C(F)(F)C(=O)N3[C@H](C)CN(S(=O)(=O)C4CC4)C[C@@H]3C)c2)ccc1F. The first-order valence-corrected chi connectivity index (χ1v) is 13.3. The highest BCUT2D eigenvalue weighted by atomic mass is 32.2. The molecule has 2 fully saturated rings. The Bertz CT molecular complexity index is 1340. The maximum Gasteiger partial charge on any atom is 0.352 e. The van der Waals surface area contributed by atoms with Gasteiger partial charge in [0.2, 0.25) is 10.0 Å². The summed E-state index contributed by atoms with van der Waals surface area (Å²) in [7, 11) is -3.56. The van der Waals surface area contributed by atoms with E-state index in [4.69, 9.17) is 0 Å². The number of amides is 2. The molecule has 0 aromatic heterocycles. The summed E-state index contributed by atoms with van der Waals surface area (Å²) in [5.74, 6) is -8.72. The van der Waals surface area contributed by atoms with Crippen LogP contribution in [-0.2, 0) is 20.7 Å². The van der Waals surface area contributed by atoms with E-state index in [-0.39, 0.29) is 29.9 Å². The number of piperazine rings is 1. The second-order valence-electron chi connectivity index (χ2n) is 9.66. The summed E-state index contributed by atoms with van der Waals surface area (Å²) in [6, 6.07) is 4.29. The van der Waals surface area contributed by atoms with Crippen LogP contribution >= 0.6 is 0 Å². The van der Waals surface area contributed by atoms with Gasteiger partial charge in [0.1, 0.15) is 11.6 Å². The van der Waals surface area contributed by atoms with Crippen molar-refractivity contribution in [3.05, 3.63) is 64.7 Å². The molecule has 1 N–H and O–H groups in total. The Morgan fingerprint density at radius 3 is 2.14 bits per heavy atom. The molecule has 37 heavy (non-hydrogen) atoms. The molecule has 2 atom stereocenters. The summed E-state index contributed by atoms with van der Waals surface area (Å²) in [5.41, 5.74) is -1.14. The molecule has 0 radical (unpaired) electrons. The quantitative estimate of drug-likeness (QED) is 0.560. The van der Waals surface area contributed by atoms with Crippen molar-refractivity contribution in [2.24, 2.45) is 0 Å². The predicted octanol–water partition coefficient (Wildman–Crippen LogP) is 4.03. The standard InChI is InChI=1S/C25H27F4N3O4S/c1-14-10-18(5-9-21(14)26)30-23(33)17-4-8-22(27)20(11-17)25(28,29)24(34)32-15(2)12-31(13-16(32)3)37(35,36)19-6-7-19/h4-5,8-11,15-16,19H,6-7,12-13H2,1-3H3,(H,30,33)/t15-,16+. The zero-order valence-electron chi connectivity index (χ0n) is 20.5. The summed E-state index contributed by atoms with van der Waals surface area (Å²) in [6.45, 7) is 4.12. The number of nitrogens with zero attached hydrogens (tertiary/aromatic N) is 2. The van der Waals surface area contributed by atoms with E-state index in [0.717, 1.165) is 17.0 Å². The van der Waals surface area contributed by atoms with E-state index in [2.05, 4.69) is 5.32 Å². The largest absolute Gasteiger partial charge is 0.352 e. The number of carbonyl (C=O) groups excluding carboxylic acids is 2. The van der Waals surface area contributed by atoms with Crippen molar-refractivity contribution in [3.63, 3.8) is 0 Å². The molecule has 7 nitrogen and oxygen atoms in total. The van der Waals surface area contributed by atoms with E-state index < -0.39 is 62.3 Å². The van der Waals surface area contributed by atoms with Gasteiger partial charge in [0, 0.05) is 36.4 Å². The average Bonchev–Trinajstić information content (AvgIpc) is 3.67. The lowest BCUT2D eigenvalue weighted by molar-refractivity contribution is -0.166. The molecular formula is C25H27F4N3O4S. The van der Waals surface area contributed by atoms with Gasteiger partial charge in [0.05, 0.1) is 10.8 Å². The number of alkyl halides is 2. The number of benzene rings is 2. The topological polar surface area (TPSA) is 86.8 Å². The van der Waals surface area contributed by atoms with Crippen LogP contribution in [0.2, 0.25) is 0 Å². The van der Waals surface area contributed by atoms with Gasteiger partial charge in [-0.3, -0.25) is 9.59 Å². The Labute approximate surface area is 212 Å². The normalized spacial score (nSPS) is 21.1. The van der Waals surface area contributed by atoms with Crippen LogP contribution in [-0.4, -0.2) is 59.9 Å². The van der Waals surface area contributed by atoms with Crippen LogP contribution < -0.4 is 5.32 Å². The molecule has 2 amide bonds. The maximum atomic E-state index is 15.4. The van der Waals surface area contributed by atoms with Gasteiger partial charge in [-0.15, -0.1) is 0 Å². The minimum absolute atomic E-state index is 0.146. The lowest BCUT2D eigenvalue weighted by atomic mass is 10.0. The van der Waals surface area contributed by atoms with Crippen molar-refractivity contribution < 1.29 is 35.6 Å². The summed E-state index contributed by atoms with van der Waals surface area (Å²) in [4.78, 5) is 26.6. The summed E-state index contributed by atoms with van der Waals surface area (Å²) >= 11 is 0. The first kappa shape index (κ1) is 27.1. The third-order valence-electron chi connectivity index (χ3n) is 6.68.